The number of aromatic nitrogens is 3. The molecule has 0 fully saturated rings. The van der Waals surface area contributed by atoms with Crippen molar-refractivity contribution in [3.8, 4) is 0 Å². The first kappa shape index (κ1) is 7.98. The number of aryl methyl sites for hydroxylation is 2. The predicted octanol–water partition coefficient (Wildman–Crippen LogP) is 1.52. The number of nitrogens with zero attached hydrogens (tertiary/aromatic N) is 3. The molecule has 0 aliphatic rings. The molecule has 0 saturated carbocycles. The first-order chi connectivity index (χ1) is 6.45. The maximum atomic E-state index is 4.13. The smallest absolute Gasteiger partial charge is 0.0489 e. The van der Waals surface area contributed by atoms with Crippen LogP contribution in [-0.2, 0) is 13.0 Å². The molecular weight excluding hydrogens is 162 g/mol. The molecule has 2 heterocycles. The van der Waals surface area contributed by atoms with Gasteiger partial charge in [0, 0.05) is 31.3 Å². The van der Waals surface area contributed by atoms with Gasteiger partial charge in [0.15, 0.2) is 0 Å². The van der Waals surface area contributed by atoms with Crippen molar-refractivity contribution in [1.29, 1.82) is 0 Å². The SMILES string of the molecule is c1cnn(CCc2ccncc2)c1. The second kappa shape index (κ2) is 3.85. The van der Waals surface area contributed by atoms with Gasteiger partial charge in [0.2, 0.25) is 0 Å². The van der Waals surface area contributed by atoms with E-state index in [0.29, 0.717) is 0 Å². The maximum absolute atomic E-state index is 4.13. The van der Waals surface area contributed by atoms with Gasteiger partial charge in [-0.25, -0.2) is 0 Å². The van der Waals surface area contributed by atoms with Gasteiger partial charge in [-0.1, -0.05) is 0 Å². The fourth-order valence-electron chi connectivity index (χ4n) is 1.23. The summed E-state index contributed by atoms with van der Waals surface area (Å²) in [6, 6.07) is 6.00. The predicted molar refractivity (Wildman–Crippen MR) is 50.2 cm³/mol. The monoisotopic (exact) mass is 173 g/mol. The maximum Gasteiger partial charge on any atom is 0.0489 e. The summed E-state index contributed by atoms with van der Waals surface area (Å²) in [7, 11) is 0. The molecule has 2 aromatic rings. The van der Waals surface area contributed by atoms with Crippen LogP contribution in [0.25, 0.3) is 0 Å². The lowest BCUT2D eigenvalue weighted by Gasteiger charge is -2.00. The van der Waals surface area contributed by atoms with E-state index >= 15 is 0 Å². The van der Waals surface area contributed by atoms with Crippen molar-refractivity contribution < 1.29 is 0 Å². The first-order valence-corrected chi connectivity index (χ1v) is 4.31. The van der Waals surface area contributed by atoms with Crippen LogP contribution in [0.5, 0.6) is 0 Å². The molecule has 0 aliphatic carbocycles. The van der Waals surface area contributed by atoms with Crippen molar-refractivity contribution in [1.82, 2.24) is 14.8 Å². The summed E-state index contributed by atoms with van der Waals surface area (Å²) in [6.07, 6.45) is 8.41. The Bertz CT molecular complexity index is 340. The normalized spacial score (nSPS) is 10.2. The zero-order valence-electron chi connectivity index (χ0n) is 7.30. The summed E-state index contributed by atoms with van der Waals surface area (Å²) in [5, 5.41) is 4.13. The van der Waals surface area contributed by atoms with Gasteiger partial charge >= 0.3 is 0 Å². The highest BCUT2D eigenvalue weighted by Crippen LogP contribution is 1.99. The average Bonchev–Trinajstić information content (AvgIpc) is 2.69. The third-order valence-electron chi connectivity index (χ3n) is 1.94. The van der Waals surface area contributed by atoms with E-state index in [1.54, 1.807) is 6.20 Å². The van der Waals surface area contributed by atoms with E-state index in [0.717, 1.165) is 13.0 Å². The van der Waals surface area contributed by atoms with Crippen LogP contribution in [0.2, 0.25) is 0 Å². The summed E-state index contributed by atoms with van der Waals surface area (Å²) >= 11 is 0. The van der Waals surface area contributed by atoms with Gasteiger partial charge in [-0.05, 0) is 30.2 Å². The Labute approximate surface area is 77.0 Å². The summed E-state index contributed by atoms with van der Waals surface area (Å²) < 4.78 is 1.93. The van der Waals surface area contributed by atoms with E-state index in [1.165, 1.54) is 5.56 Å². The Kier molecular flexibility index (Phi) is 2.36. The Hall–Kier alpha value is -1.64. The minimum Gasteiger partial charge on any atom is -0.272 e. The zero-order chi connectivity index (χ0) is 8.93. The standard InChI is InChI=1S/C10H11N3/c1-5-12-13(8-1)9-4-10-2-6-11-7-3-10/h1-3,5-8H,4,9H2. The third kappa shape index (κ3) is 2.15. The molecule has 0 saturated heterocycles. The van der Waals surface area contributed by atoms with E-state index in [-0.39, 0.29) is 0 Å². The molecule has 0 radical (unpaired) electrons. The highest BCUT2D eigenvalue weighted by Gasteiger charge is 1.92. The molecule has 0 aliphatic heterocycles. The van der Waals surface area contributed by atoms with E-state index in [9.17, 15) is 0 Å². The van der Waals surface area contributed by atoms with Crippen LogP contribution in [0.3, 0.4) is 0 Å². The van der Waals surface area contributed by atoms with Crippen LogP contribution in [0.4, 0.5) is 0 Å². The Morgan fingerprint density at radius 3 is 2.69 bits per heavy atom. The molecule has 0 amide bonds. The quantitative estimate of drug-likeness (QED) is 0.704. The lowest BCUT2D eigenvalue weighted by Crippen LogP contribution is -2.01. The lowest BCUT2D eigenvalue weighted by atomic mass is 10.2. The summed E-state index contributed by atoms with van der Waals surface area (Å²) in [4.78, 5) is 3.97. The highest BCUT2D eigenvalue weighted by molar-refractivity contribution is 5.09. The number of rotatable bonds is 3. The zero-order valence-corrected chi connectivity index (χ0v) is 7.30. The second-order valence-corrected chi connectivity index (χ2v) is 2.87. The molecule has 0 atom stereocenters. The molecule has 3 nitrogen and oxygen atoms in total. The molecular formula is C10H11N3. The van der Waals surface area contributed by atoms with Crippen molar-refractivity contribution in [2.45, 2.75) is 13.0 Å². The average molecular weight is 173 g/mol. The van der Waals surface area contributed by atoms with Gasteiger partial charge in [0.1, 0.15) is 0 Å². The minimum absolute atomic E-state index is 0.928. The fourth-order valence-corrected chi connectivity index (χ4v) is 1.23. The lowest BCUT2D eigenvalue weighted by molar-refractivity contribution is 0.614. The molecule has 0 spiro atoms. The van der Waals surface area contributed by atoms with Crippen LogP contribution < -0.4 is 0 Å². The Balaban J connectivity index is 1.94. The molecule has 0 aromatic carbocycles. The van der Waals surface area contributed by atoms with Gasteiger partial charge in [-0.2, -0.15) is 5.10 Å². The highest BCUT2D eigenvalue weighted by atomic mass is 15.3. The topological polar surface area (TPSA) is 30.7 Å². The molecule has 3 heteroatoms. The second-order valence-electron chi connectivity index (χ2n) is 2.87. The molecule has 13 heavy (non-hydrogen) atoms. The van der Waals surface area contributed by atoms with Crippen LogP contribution in [0.15, 0.2) is 43.0 Å². The van der Waals surface area contributed by atoms with Crippen molar-refractivity contribution in [2.75, 3.05) is 0 Å². The summed E-state index contributed by atoms with van der Waals surface area (Å²) in [5.74, 6) is 0. The van der Waals surface area contributed by atoms with Gasteiger partial charge in [-0.3, -0.25) is 9.67 Å². The van der Waals surface area contributed by atoms with Crippen molar-refractivity contribution in [3.05, 3.63) is 48.5 Å². The summed E-state index contributed by atoms with van der Waals surface area (Å²) in [5.41, 5.74) is 1.30. The number of pyridine rings is 1. The van der Waals surface area contributed by atoms with Crippen LogP contribution in [0.1, 0.15) is 5.56 Å². The largest absolute Gasteiger partial charge is 0.272 e. The van der Waals surface area contributed by atoms with Crippen molar-refractivity contribution in [3.63, 3.8) is 0 Å². The van der Waals surface area contributed by atoms with E-state index < -0.39 is 0 Å². The third-order valence-corrected chi connectivity index (χ3v) is 1.94. The fraction of sp³-hybridized carbons (Fsp3) is 0.200. The van der Waals surface area contributed by atoms with Gasteiger partial charge in [-0.15, -0.1) is 0 Å². The van der Waals surface area contributed by atoms with Crippen molar-refractivity contribution >= 4 is 0 Å². The molecule has 66 valence electrons. The Morgan fingerprint density at radius 1 is 1.15 bits per heavy atom. The molecule has 0 unspecified atom stereocenters. The van der Waals surface area contributed by atoms with Crippen LogP contribution in [-0.4, -0.2) is 14.8 Å². The van der Waals surface area contributed by atoms with E-state index in [1.807, 2.05) is 41.5 Å². The molecule has 0 bridgehead atoms. The van der Waals surface area contributed by atoms with E-state index in [2.05, 4.69) is 10.1 Å². The molecule has 2 aromatic heterocycles. The molecule has 0 N–H and O–H groups in total. The first-order valence-electron chi connectivity index (χ1n) is 4.31. The summed E-state index contributed by atoms with van der Waals surface area (Å²) in [6.45, 7) is 0.928. The van der Waals surface area contributed by atoms with Gasteiger partial charge in [0.25, 0.3) is 0 Å². The van der Waals surface area contributed by atoms with Gasteiger partial charge < -0.3 is 0 Å². The molecule has 2 rings (SSSR count). The Morgan fingerprint density at radius 2 is 2.00 bits per heavy atom. The van der Waals surface area contributed by atoms with Crippen LogP contribution in [0, 0.1) is 0 Å². The van der Waals surface area contributed by atoms with Crippen LogP contribution >= 0.6 is 0 Å². The minimum atomic E-state index is 0.928. The van der Waals surface area contributed by atoms with Gasteiger partial charge in [0.05, 0.1) is 0 Å². The number of hydrogen-bond donors (Lipinski definition) is 0. The number of hydrogen-bond acceptors (Lipinski definition) is 2. The van der Waals surface area contributed by atoms with Crippen molar-refractivity contribution in [2.24, 2.45) is 0 Å². The van der Waals surface area contributed by atoms with E-state index in [4.69, 9.17) is 0 Å².